The van der Waals surface area contributed by atoms with E-state index in [4.69, 9.17) is 9.15 Å². The van der Waals surface area contributed by atoms with Gasteiger partial charge in [0.1, 0.15) is 5.75 Å². The van der Waals surface area contributed by atoms with E-state index in [1.807, 2.05) is 13.0 Å². The molecule has 0 unspecified atom stereocenters. The van der Waals surface area contributed by atoms with Crippen molar-refractivity contribution in [2.45, 2.75) is 25.6 Å². The van der Waals surface area contributed by atoms with E-state index >= 15 is 0 Å². The molecule has 1 aromatic heterocycles. The summed E-state index contributed by atoms with van der Waals surface area (Å²) in [4.78, 5) is 35.1. The molecule has 3 aromatic rings. The number of ether oxygens (including phenoxy) is 1. The van der Waals surface area contributed by atoms with Gasteiger partial charge in [-0.25, -0.2) is 0 Å². The zero-order chi connectivity index (χ0) is 23.8. The molecule has 0 aliphatic heterocycles. The molecule has 0 atom stereocenters. The Morgan fingerprint density at radius 3 is 2.73 bits per heavy atom. The molecule has 3 rings (SSSR count). The molecule has 2 aromatic carbocycles. The Labute approximate surface area is 193 Å². The fourth-order valence-corrected chi connectivity index (χ4v) is 3.43. The largest absolute Gasteiger partial charge is 0.492 e. The van der Waals surface area contributed by atoms with Crippen LogP contribution in [-0.2, 0) is 11.3 Å². The molecule has 12 heteroatoms. The summed E-state index contributed by atoms with van der Waals surface area (Å²) < 4.78 is 10.9. The summed E-state index contributed by atoms with van der Waals surface area (Å²) in [5.74, 6) is -0.0390. The van der Waals surface area contributed by atoms with Gasteiger partial charge in [-0.1, -0.05) is 30.0 Å². The third kappa shape index (κ3) is 6.29. The predicted octanol–water partition coefficient (Wildman–Crippen LogP) is 3.35. The van der Waals surface area contributed by atoms with Crippen LogP contribution >= 0.6 is 11.8 Å². The van der Waals surface area contributed by atoms with Crippen molar-refractivity contribution in [2.75, 3.05) is 17.7 Å². The summed E-state index contributed by atoms with van der Waals surface area (Å²) >= 11 is 1.05. The standard InChI is InChI=1S/C21H21N5O6S/c1-3-31-17-10-5-4-8-15(17)23-18(27)12-33-21-25-24-19(32-21)11-22-20(28)14-7-6-9-16(13(14)2)26(29)30/h4-10H,3,11-12H2,1-2H3,(H,22,28)(H,23,27). The van der Waals surface area contributed by atoms with Gasteiger partial charge in [0.2, 0.25) is 11.8 Å². The van der Waals surface area contributed by atoms with Crippen molar-refractivity contribution in [1.29, 1.82) is 0 Å². The molecule has 0 radical (unpaired) electrons. The summed E-state index contributed by atoms with van der Waals surface area (Å²) in [6, 6.07) is 11.4. The number of nitrogens with zero attached hydrogens (tertiary/aromatic N) is 3. The quantitative estimate of drug-likeness (QED) is 0.258. The van der Waals surface area contributed by atoms with Gasteiger partial charge in [-0.15, -0.1) is 10.2 Å². The maximum atomic E-state index is 12.4. The smallest absolute Gasteiger partial charge is 0.277 e. The zero-order valence-corrected chi connectivity index (χ0v) is 18.7. The Kier molecular flexibility index (Phi) is 7.97. The molecule has 0 spiro atoms. The Morgan fingerprint density at radius 2 is 1.97 bits per heavy atom. The van der Waals surface area contributed by atoms with Crippen molar-refractivity contribution in [3.05, 3.63) is 69.6 Å². The van der Waals surface area contributed by atoms with Crippen LogP contribution in [0.3, 0.4) is 0 Å². The Morgan fingerprint density at radius 1 is 1.18 bits per heavy atom. The van der Waals surface area contributed by atoms with Gasteiger partial charge < -0.3 is 19.8 Å². The molecule has 0 aliphatic carbocycles. The number of para-hydroxylation sites is 2. The normalized spacial score (nSPS) is 10.5. The van der Waals surface area contributed by atoms with Crippen LogP contribution in [0.5, 0.6) is 5.75 Å². The van der Waals surface area contributed by atoms with Gasteiger partial charge in [0, 0.05) is 17.2 Å². The van der Waals surface area contributed by atoms with E-state index in [2.05, 4.69) is 20.8 Å². The van der Waals surface area contributed by atoms with Crippen molar-refractivity contribution in [2.24, 2.45) is 0 Å². The fraction of sp³-hybridized carbons (Fsp3) is 0.238. The number of carbonyl (C=O) groups excluding carboxylic acids is 2. The number of nitrogens with one attached hydrogen (secondary N) is 2. The first kappa shape index (κ1) is 23.7. The van der Waals surface area contributed by atoms with Gasteiger partial charge in [0.05, 0.1) is 29.5 Å². The second-order valence-electron chi connectivity index (χ2n) is 6.62. The van der Waals surface area contributed by atoms with Crippen molar-refractivity contribution in [3.8, 4) is 5.75 Å². The van der Waals surface area contributed by atoms with E-state index < -0.39 is 10.8 Å². The number of benzene rings is 2. The minimum Gasteiger partial charge on any atom is -0.492 e. The number of nitro benzene ring substituents is 1. The maximum absolute atomic E-state index is 12.4. The lowest BCUT2D eigenvalue weighted by Gasteiger charge is -2.10. The molecule has 0 saturated carbocycles. The maximum Gasteiger partial charge on any atom is 0.277 e. The summed E-state index contributed by atoms with van der Waals surface area (Å²) in [5, 5.41) is 24.3. The highest BCUT2D eigenvalue weighted by molar-refractivity contribution is 7.99. The lowest BCUT2D eigenvalue weighted by atomic mass is 10.1. The van der Waals surface area contributed by atoms with Gasteiger partial charge in [0.25, 0.3) is 16.8 Å². The van der Waals surface area contributed by atoms with Gasteiger partial charge in [-0.2, -0.15) is 0 Å². The number of hydrogen-bond acceptors (Lipinski definition) is 9. The van der Waals surface area contributed by atoms with Crippen LogP contribution < -0.4 is 15.4 Å². The number of thioether (sulfide) groups is 1. The van der Waals surface area contributed by atoms with Crippen molar-refractivity contribution >= 4 is 35.0 Å². The van der Waals surface area contributed by atoms with Gasteiger partial charge in [-0.05, 0) is 32.0 Å². The van der Waals surface area contributed by atoms with E-state index in [1.54, 1.807) is 18.2 Å². The zero-order valence-electron chi connectivity index (χ0n) is 17.9. The minimum atomic E-state index is -0.542. The van der Waals surface area contributed by atoms with Gasteiger partial charge in [0.15, 0.2) is 0 Å². The first-order valence-electron chi connectivity index (χ1n) is 9.88. The summed E-state index contributed by atoms with van der Waals surface area (Å²) in [5.41, 5.74) is 0.873. The SMILES string of the molecule is CCOc1ccccc1NC(=O)CSc1nnc(CNC(=O)c2cccc([N+](=O)[O-])c2C)o1. The van der Waals surface area contributed by atoms with Crippen LogP contribution in [0.2, 0.25) is 0 Å². The average Bonchev–Trinajstić information content (AvgIpc) is 3.25. The van der Waals surface area contributed by atoms with E-state index in [1.165, 1.54) is 25.1 Å². The highest BCUT2D eigenvalue weighted by Crippen LogP contribution is 2.25. The molecule has 11 nitrogen and oxygen atoms in total. The minimum absolute atomic E-state index is 0.0291. The lowest BCUT2D eigenvalue weighted by molar-refractivity contribution is -0.385. The molecule has 0 fully saturated rings. The number of anilines is 1. The predicted molar refractivity (Wildman–Crippen MR) is 120 cm³/mol. The van der Waals surface area contributed by atoms with Crippen molar-refractivity contribution in [1.82, 2.24) is 15.5 Å². The second kappa shape index (κ2) is 11.1. The molecule has 1 heterocycles. The first-order chi connectivity index (χ1) is 15.9. The number of carbonyl (C=O) groups is 2. The molecular weight excluding hydrogens is 450 g/mol. The third-order valence-corrected chi connectivity index (χ3v) is 5.20. The molecule has 2 amide bonds. The number of rotatable bonds is 10. The Bertz CT molecular complexity index is 1170. The van der Waals surface area contributed by atoms with Crippen LogP contribution in [0.25, 0.3) is 0 Å². The highest BCUT2D eigenvalue weighted by Gasteiger charge is 2.18. The highest BCUT2D eigenvalue weighted by atomic mass is 32.2. The van der Waals surface area contributed by atoms with Crippen LogP contribution in [0, 0.1) is 17.0 Å². The first-order valence-corrected chi connectivity index (χ1v) is 10.9. The number of nitro groups is 1. The molecule has 2 N–H and O–H groups in total. The van der Waals surface area contributed by atoms with Crippen LogP contribution in [0.15, 0.2) is 52.1 Å². The molecule has 33 heavy (non-hydrogen) atoms. The van der Waals surface area contributed by atoms with Crippen LogP contribution in [0.4, 0.5) is 11.4 Å². The van der Waals surface area contributed by atoms with Crippen molar-refractivity contribution in [3.63, 3.8) is 0 Å². The summed E-state index contributed by atoms with van der Waals surface area (Å²) in [7, 11) is 0. The monoisotopic (exact) mass is 471 g/mol. The van der Waals surface area contributed by atoms with E-state index in [-0.39, 0.29) is 46.1 Å². The number of amides is 2. The molecule has 0 bridgehead atoms. The van der Waals surface area contributed by atoms with Gasteiger partial charge in [-0.3, -0.25) is 19.7 Å². The molecular formula is C21H21N5O6S. The van der Waals surface area contributed by atoms with E-state index in [0.717, 1.165) is 11.8 Å². The van der Waals surface area contributed by atoms with Crippen molar-refractivity contribution < 1.29 is 23.7 Å². The summed E-state index contributed by atoms with van der Waals surface area (Å²) in [6.45, 7) is 3.77. The summed E-state index contributed by atoms with van der Waals surface area (Å²) in [6.07, 6.45) is 0. The molecule has 172 valence electrons. The second-order valence-corrected chi connectivity index (χ2v) is 7.54. The molecule has 0 saturated heterocycles. The topological polar surface area (TPSA) is 149 Å². The Hall–Kier alpha value is -3.93. The number of aromatic nitrogens is 2. The lowest BCUT2D eigenvalue weighted by Crippen LogP contribution is -2.24. The van der Waals surface area contributed by atoms with Gasteiger partial charge >= 0.3 is 0 Å². The number of hydrogen-bond donors (Lipinski definition) is 2. The van der Waals surface area contributed by atoms with E-state index in [9.17, 15) is 19.7 Å². The molecule has 0 aliphatic rings. The third-order valence-electron chi connectivity index (χ3n) is 4.38. The Balaban J connectivity index is 1.51. The fourth-order valence-electron chi connectivity index (χ4n) is 2.85. The average molecular weight is 471 g/mol. The van der Waals surface area contributed by atoms with Crippen LogP contribution in [-0.4, -0.2) is 39.3 Å². The van der Waals surface area contributed by atoms with E-state index in [0.29, 0.717) is 18.0 Å². The van der Waals surface area contributed by atoms with Crippen LogP contribution in [0.1, 0.15) is 28.7 Å².